The molecule has 0 atom stereocenters. The molecule has 3 aromatic rings. The van der Waals surface area contributed by atoms with Crippen LogP contribution in [0.4, 0.5) is 5.82 Å². The number of aromatic amines is 1. The van der Waals surface area contributed by atoms with Gasteiger partial charge in [-0.15, -0.1) is 0 Å². The lowest BCUT2D eigenvalue weighted by Crippen LogP contribution is -2.43. The summed E-state index contributed by atoms with van der Waals surface area (Å²) in [5.41, 5.74) is 3.82. The molecule has 0 aliphatic carbocycles. The molecule has 1 aliphatic heterocycles. The molecule has 0 amide bonds. The fraction of sp³-hybridized carbons (Fsp3) is 0.381. The largest absolute Gasteiger partial charge is 0.543 e. The van der Waals surface area contributed by atoms with E-state index in [0.29, 0.717) is 0 Å². The number of nitrogens with one attached hydrogen (secondary N) is 1. The molecule has 2 heterocycles. The van der Waals surface area contributed by atoms with Gasteiger partial charge >= 0.3 is 0 Å². The summed E-state index contributed by atoms with van der Waals surface area (Å²) >= 11 is 0. The summed E-state index contributed by atoms with van der Waals surface area (Å²) in [6, 6.07) is 14.9. The monoisotopic (exact) mass is 365 g/mol. The Morgan fingerprint density at radius 2 is 1.69 bits per heavy atom. The summed E-state index contributed by atoms with van der Waals surface area (Å²) in [6.45, 7) is 13.2. The minimum atomic E-state index is -1.84. The molecule has 1 aromatic heterocycles. The highest BCUT2D eigenvalue weighted by Crippen LogP contribution is 2.38. The van der Waals surface area contributed by atoms with Crippen molar-refractivity contribution in [3.8, 4) is 5.75 Å². The van der Waals surface area contributed by atoms with Gasteiger partial charge in [-0.25, -0.2) is 0 Å². The van der Waals surface area contributed by atoms with E-state index in [0.717, 1.165) is 35.6 Å². The molecule has 5 heteroatoms. The topological polar surface area (TPSA) is 41.1 Å². The lowest BCUT2D eigenvalue weighted by molar-refractivity contribution is 0.492. The van der Waals surface area contributed by atoms with Crippen LogP contribution in [0, 0.1) is 0 Å². The number of aromatic nitrogens is 2. The molecule has 26 heavy (non-hydrogen) atoms. The van der Waals surface area contributed by atoms with E-state index in [4.69, 9.17) is 4.43 Å². The highest BCUT2D eigenvalue weighted by atomic mass is 28.4. The predicted octanol–water partition coefficient (Wildman–Crippen LogP) is 5.47. The molecule has 136 valence electrons. The average molecular weight is 366 g/mol. The normalized spacial score (nSPS) is 14.7. The molecule has 0 fully saturated rings. The van der Waals surface area contributed by atoms with Crippen LogP contribution in [0.1, 0.15) is 31.9 Å². The van der Waals surface area contributed by atoms with E-state index in [-0.39, 0.29) is 5.04 Å². The number of H-pyrrole nitrogens is 1. The van der Waals surface area contributed by atoms with Crippen LogP contribution >= 0.6 is 0 Å². The van der Waals surface area contributed by atoms with Crippen molar-refractivity contribution < 1.29 is 4.43 Å². The highest BCUT2D eigenvalue weighted by Gasteiger charge is 2.39. The second-order valence-corrected chi connectivity index (χ2v) is 13.5. The van der Waals surface area contributed by atoms with Gasteiger partial charge in [-0.05, 0) is 41.4 Å². The first-order valence-electron chi connectivity index (χ1n) is 9.23. The Balaban J connectivity index is 1.61. The minimum absolute atomic E-state index is 0.183. The predicted molar refractivity (Wildman–Crippen MR) is 110 cm³/mol. The van der Waals surface area contributed by atoms with E-state index in [9.17, 15) is 0 Å². The Kier molecular flexibility index (Phi) is 3.88. The Morgan fingerprint density at radius 3 is 2.31 bits per heavy atom. The fourth-order valence-electron chi connectivity index (χ4n) is 3.22. The van der Waals surface area contributed by atoms with Crippen molar-refractivity contribution >= 4 is 25.0 Å². The first kappa shape index (κ1) is 17.2. The molecule has 0 unspecified atom stereocenters. The zero-order chi connectivity index (χ0) is 18.5. The van der Waals surface area contributed by atoms with Gasteiger partial charge in [0, 0.05) is 24.5 Å². The third-order valence-electron chi connectivity index (χ3n) is 5.83. The van der Waals surface area contributed by atoms with E-state index in [1.54, 1.807) is 0 Å². The molecular formula is C21H27N3OSi. The highest BCUT2D eigenvalue weighted by molar-refractivity contribution is 6.74. The molecule has 0 saturated heterocycles. The second kappa shape index (κ2) is 5.88. The average Bonchev–Trinajstić information content (AvgIpc) is 3.16. The quantitative estimate of drug-likeness (QED) is 0.626. The van der Waals surface area contributed by atoms with Crippen LogP contribution in [-0.4, -0.2) is 18.5 Å². The Morgan fingerprint density at radius 1 is 1.04 bits per heavy atom. The van der Waals surface area contributed by atoms with Gasteiger partial charge in [0.2, 0.25) is 8.32 Å². The van der Waals surface area contributed by atoms with Gasteiger partial charge in [0.05, 0.1) is 5.52 Å². The number of fused-ring (bicyclic) bond motifs is 2. The molecule has 2 aromatic carbocycles. The lowest BCUT2D eigenvalue weighted by Gasteiger charge is -2.36. The minimum Gasteiger partial charge on any atom is -0.543 e. The van der Waals surface area contributed by atoms with Crippen molar-refractivity contribution in [1.29, 1.82) is 0 Å². The molecule has 4 nitrogen and oxygen atoms in total. The standard InChI is InChI=1S/C21H27N3OSi/c1-21(2,3)26(4,5)25-17-10-11-18-19(12-17)22-23-20(18)24-13-15-8-6-7-9-16(15)14-24/h6-12H,13-14H2,1-5H3,(H,22,23). The molecule has 1 N–H and O–H groups in total. The maximum Gasteiger partial charge on any atom is 0.250 e. The second-order valence-electron chi connectivity index (χ2n) is 8.74. The smallest absolute Gasteiger partial charge is 0.250 e. The fourth-order valence-corrected chi connectivity index (χ4v) is 4.24. The van der Waals surface area contributed by atoms with Crippen molar-refractivity contribution in [2.75, 3.05) is 4.90 Å². The molecule has 0 bridgehead atoms. The Bertz CT molecular complexity index is 930. The van der Waals surface area contributed by atoms with Crippen molar-refractivity contribution in [2.45, 2.75) is 52.0 Å². The van der Waals surface area contributed by atoms with Crippen LogP contribution in [0.3, 0.4) is 0 Å². The molecule has 0 saturated carbocycles. The Hall–Kier alpha value is -2.27. The number of rotatable bonds is 3. The summed E-state index contributed by atoms with van der Waals surface area (Å²) in [6.07, 6.45) is 0. The summed E-state index contributed by atoms with van der Waals surface area (Å²) in [5, 5.41) is 9.14. The van der Waals surface area contributed by atoms with E-state index in [1.165, 1.54) is 11.1 Å². The maximum atomic E-state index is 6.44. The van der Waals surface area contributed by atoms with Crippen LogP contribution in [0.5, 0.6) is 5.75 Å². The first-order chi connectivity index (χ1) is 12.2. The summed E-state index contributed by atoms with van der Waals surface area (Å²) < 4.78 is 6.44. The summed E-state index contributed by atoms with van der Waals surface area (Å²) in [5.74, 6) is 1.96. The number of nitrogens with zero attached hydrogens (tertiary/aromatic N) is 2. The van der Waals surface area contributed by atoms with E-state index < -0.39 is 8.32 Å². The molecule has 0 radical (unpaired) electrons. The molecule has 4 rings (SSSR count). The molecule has 0 spiro atoms. The van der Waals surface area contributed by atoms with E-state index in [2.05, 4.69) is 91.4 Å². The van der Waals surface area contributed by atoms with Crippen LogP contribution in [0.15, 0.2) is 42.5 Å². The zero-order valence-electron chi connectivity index (χ0n) is 16.3. The van der Waals surface area contributed by atoms with Crippen LogP contribution in [-0.2, 0) is 13.1 Å². The van der Waals surface area contributed by atoms with Gasteiger partial charge in [0.15, 0.2) is 5.82 Å². The van der Waals surface area contributed by atoms with Gasteiger partial charge in [0.25, 0.3) is 0 Å². The van der Waals surface area contributed by atoms with Crippen molar-refractivity contribution in [3.05, 3.63) is 53.6 Å². The van der Waals surface area contributed by atoms with Gasteiger partial charge in [-0.1, -0.05) is 45.0 Å². The third kappa shape index (κ3) is 2.90. The lowest BCUT2D eigenvalue weighted by atomic mass is 10.1. The molecular weight excluding hydrogens is 338 g/mol. The van der Waals surface area contributed by atoms with Gasteiger partial charge < -0.3 is 9.33 Å². The number of hydrogen-bond donors (Lipinski definition) is 1. The van der Waals surface area contributed by atoms with Gasteiger partial charge in [-0.2, -0.15) is 5.10 Å². The molecule has 1 aliphatic rings. The van der Waals surface area contributed by atoms with Gasteiger partial charge in [0.1, 0.15) is 5.75 Å². The number of benzene rings is 2. The van der Waals surface area contributed by atoms with Crippen molar-refractivity contribution in [1.82, 2.24) is 10.2 Å². The summed E-state index contributed by atoms with van der Waals surface area (Å²) in [4.78, 5) is 2.33. The third-order valence-corrected chi connectivity index (χ3v) is 10.2. The van der Waals surface area contributed by atoms with Crippen LogP contribution < -0.4 is 9.33 Å². The van der Waals surface area contributed by atoms with Crippen LogP contribution in [0.25, 0.3) is 10.9 Å². The van der Waals surface area contributed by atoms with Crippen molar-refractivity contribution in [3.63, 3.8) is 0 Å². The summed E-state index contributed by atoms with van der Waals surface area (Å²) in [7, 11) is -1.84. The SMILES string of the molecule is CC(C)(C)[Si](C)(C)Oc1ccc2c(N3Cc4ccccc4C3)n[nH]c2c1. The van der Waals surface area contributed by atoms with Crippen molar-refractivity contribution in [2.24, 2.45) is 0 Å². The Labute approximate surface area is 156 Å². The maximum absolute atomic E-state index is 6.44. The number of hydrogen-bond acceptors (Lipinski definition) is 3. The first-order valence-corrected chi connectivity index (χ1v) is 12.1. The zero-order valence-corrected chi connectivity index (χ0v) is 17.3. The van der Waals surface area contributed by atoms with E-state index in [1.807, 2.05) is 0 Å². The van der Waals surface area contributed by atoms with Gasteiger partial charge in [-0.3, -0.25) is 5.10 Å². The van der Waals surface area contributed by atoms with Crippen LogP contribution in [0.2, 0.25) is 18.1 Å². The number of anilines is 1. The van der Waals surface area contributed by atoms with E-state index >= 15 is 0 Å².